The van der Waals surface area contributed by atoms with Crippen molar-refractivity contribution in [2.45, 2.75) is 17.6 Å². The molecule has 1 amide bonds. The third-order valence-corrected chi connectivity index (χ3v) is 3.91. The first-order valence-electron chi connectivity index (χ1n) is 6.17. The molecule has 0 spiro atoms. The Morgan fingerprint density at radius 3 is 2.41 bits per heavy atom. The topological polar surface area (TPSA) is 87.3 Å². The molecule has 0 bridgehead atoms. The first-order chi connectivity index (χ1) is 9.82. The number of hydrogen-bond acceptors (Lipinski definition) is 5. The van der Waals surface area contributed by atoms with E-state index >= 15 is 0 Å². The molecule has 126 valence electrons. The van der Waals surface area contributed by atoms with E-state index in [0.29, 0.717) is 12.2 Å². The molecule has 0 radical (unpaired) electrons. The number of hydrogen-bond donors (Lipinski definition) is 3. The molecule has 0 aliphatic heterocycles. The van der Waals surface area contributed by atoms with Gasteiger partial charge in [-0.2, -0.15) is 8.78 Å². The Balaban J connectivity index is 0.00000441. The van der Waals surface area contributed by atoms with E-state index < -0.39 is 26.4 Å². The number of nitrogens with one attached hydrogen (secondary N) is 3. The van der Waals surface area contributed by atoms with Crippen LogP contribution in [0.3, 0.4) is 0 Å². The van der Waals surface area contributed by atoms with Gasteiger partial charge >= 0.3 is 5.76 Å². The van der Waals surface area contributed by atoms with Crippen molar-refractivity contribution in [3.63, 3.8) is 0 Å². The van der Waals surface area contributed by atoms with Crippen molar-refractivity contribution in [2.75, 3.05) is 30.8 Å². The average Bonchev–Trinajstić information content (AvgIpc) is 2.40. The van der Waals surface area contributed by atoms with E-state index in [9.17, 15) is 22.0 Å². The first-order valence-corrected chi connectivity index (χ1v) is 7.72. The Morgan fingerprint density at radius 2 is 1.91 bits per heavy atom. The zero-order chi connectivity index (χ0) is 16.0. The van der Waals surface area contributed by atoms with E-state index in [4.69, 9.17) is 0 Å². The van der Waals surface area contributed by atoms with E-state index in [-0.39, 0.29) is 24.6 Å². The van der Waals surface area contributed by atoms with Crippen LogP contribution in [0.1, 0.15) is 6.92 Å². The van der Waals surface area contributed by atoms with E-state index in [0.717, 1.165) is 12.1 Å². The lowest BCUT2D eigenvalue weighted by atomic mass is 10.2. The predicted molar refractivity (Wildman–Crippen MR) is 83.6 cm³/mol. The highest BCUT2D eigenvalue weighted by atomic mass is 35.5. The Labute approximate surface area is 134 Å². The second-order valence-electron chi connectivity index (χ2n) is 4.12. The number of rotatable bonds is 7. The minimum Gasteiger partial charge on any atom is -0.384 e. The van der Waals surface area contributed by atoms with Crippen LogP contribution in [0, 0.1) is 0 Å². The second kappa shape index (κ2) is 8.86. The number of sulfone groups is 1. The van der Waals surface area contributed by atoms with E-state index in [1.807, 2.05) is 6.92 Å². The molecule has 0 fully saturated rings. The van der Waals surface area contributed by atoms with E-state index in [1.54, 1.807) is 7.05 Å². The summed E-state index contributed by atoms with van der Waals surface area (Å²) in [7, 11) is -3.14. The number of benzene rings is 1. The monoisotopic (exact) mass is 357 g/mol. The van der Waals surface area contributed by atoms with Crippen LogP contribution in [-0.4, -0.2) is 40.2 Å². The number of likely N-dealkylation sites (N-methyl/N-ethyl adjacent to an activating group) is 1. The van der Waals surface area contributed by atoms with Crippen molar-refractivity contribution in [1.82, 2.24) is 5.32 Å². The van der Waals surface area contributed by atoms with Gasteiger partial charge in [-0.05, 0) is 32.2 Å². The Kier molecular flexibility index (Phi) is 8.28. The third-order valence-electron chi connectivity index (χ3n) is 2.53. The maximum Gasteiger partial charge on any atom is 0.341 e. The summed E-state index contributed by atoms with van der Waals surface area (Å²) in [6, 6.07) is 3.44. The van der Waals surface area contributed by atoms with E-state index in [2.05, 4.69) is 16.0 Å². The molecule has 22 heavy (non-hydrogen) atoms. The fourth-order valence-corrected chi connectivity index (χ4v) is 2.35. The summed E-state index contributed by atoms with van der Waals surface area (Å²) in [6.07, 6.45) is 0. The van der Waals surface area contributed by atoms with E-state index in [1.165, 1.54) is 6.07 Å². The lowest BCUT2D eigenvalue weighted by molar-refractivity contribution is -0.115. The van der Waals surface area contributed by atoms with Crippen LogP contribution in [0.4, 0.5) is 20.2 Å². The Morgan fingerprint density at radius 1 is 1.27 bits per heavy atom. The highest BCUT2D eigenvalue weighted by molar-refractivity contribution is 7.91. The highest BCUT2D eigenvalue weighted by Gasteiger charge is 2.27. The van der Waals surface area contributed by atoms with Crippen LogP contribution >= 0.6 is 12.4 Å². The molecule has 0 heterocycles. The number of halogens is 3. The van der Waals surface area contributed by atoms with Gasteiger partial charge in [-0.3, -0.25) is 4.79 Å². The summed E-state index contributed by atoms with van der Waals surface area (Å²) >= 11 is 0. The van der Waals surface area contributed by atoms with Crippen molar-refractivity contribution < 1.29 is 22.0 Å². The van der Waals surface area contributed by atoms with Gasteiger partial charge in [0.1, 0.15) is 0 Å². The molecule has 1 aromatic carbocycles. The summed E-state index contributed by atoms with van der Waals surface area (Å²) in [5.41, 5.74) is 0.592. The zero-order valence-electron chi connectivity index (χ0n) is 12.0. The Bertz CT molecular complexity index is 612. The van der Waals surface area contributed by atoms with Crippen LogP contribution < -0.4 is 16.0 Å². The molecule has 6 nitrogen and oxygen atoms in total. The summed E-state index contributed by atoms with van der Waals surface area (Å²) in [5.74, 6) is -3.92. The summed E-state index contributed by atoms with van der Waals surface area (Å²) in [4.78, 5) is 11.0. The minimum absolute atomic E-state index is 0. The second-order valence-corrected chi connectivity index (χ2v) is 6.04. The molecule has 1 aromatic rings. The third kappa shape index (κ3) is 5.08. The molecule has 0 saturated heterocycles. The molecule has 3 N–H and O–H groups in total. The van der Waals surface area contributed by atoms with Crippen LogP contribution in [0.2, 0.25) is 0 Å². The van der Waals surface area contributed by atoms with Crippen LogP contribution in [0.5, 0.6) is 0 Å². The van der Waals surface area contributed by atoms with Crippen molar-refractivity contribution in [3.8, 4) is 0 Å². The average molecular weight is 358 g/mol. The smallest absolute Gasteiger partial charge is 0.341 e. The van der Waals surface area contributed by atoms with Gasteiger partial charge in [-0.1, -0.05) is 0 Å². The molecule has 0 aliphatic rings. The molecule has 0 saturated carbocycles. The van der Waals surface area contributed by atoms with Crippen molar-refractivity contribution in [2.24, 2.45) is 0 Å². The number of amides is 1. The van der Waals surface area contributed by atoms with Crippen LogP contribution in [-0.2, 0) is 14.6 Å². The fraction of sp³-hybridized carbons (Fsp3) is 0.417. The van der Waals surface area contributed by atoms with Gasteiger partial charge in [0, 0.05) is 6.54 Å². The quantitative estimate of drug-likeness (QED) is 0.691. The maximum absolute atomic E-state index is 12.6. The number of anilines is 2. The van der Waals surface area contributed by atoms with Crippen molar-refractivity contribution >= 4 is 39.5 Å². The lowest BCUT2D eigenvalue weighted by Gasteiger charge is -2.14. The molecule has 1 rings (SSSR count). The van der Waals surface area contributed by atoms with Gasteiger partial charge in [-0.25, -0.2) is 8.42 Å². The summed E-state index contributed by atoms with van der Waals surface area (Å²) in [6.45, 7) is 2.34. The first kappa shape index (κ1) is 20.6. The molecule has 0 aromatic heterocycles. The Hall–Kier alpha value is -1.45. The van der Waals surface area contributed by atoms with Gasteiger partial charge in [0.05, 0.1) is 22.8 Å². The van der Waals surface area contributed by atoms with Gasteiger partial charge < -0.3 is 16.0 Å². The van der Waals surface area contributed by atoms with Crippen LogP contribution in [0.25, 0.3) is 0 Å². The lowest BCUT2D eigenvalue weighted by Crippen LogP contribution is -2.25. The number of carbonyl (C=O) groups excluding carboxylic acids is 1. The summed E-state index contributed by atoms with van der Waals surface area (Å²) in [5, 5.41) is 8.02. The molecule has 0 atom stereocenters. The maximum atomic E-state index is 12.6. The molecule has 0 aliphatic carbocycles. The number of carbonyl (C=O) groups is 1. The standard InChI is InChI=1S/C12H17F2N3O3S.ClH/c1-3-16-9-5-4-8(21(19,20)12(13)14)6-10(9)17-11(18)7-15-2;/h4-6,12,15-16H,3,7H2,1-2H3,(H,17,18);1H. The van der Waals surface area contributed by atoms with Gasteiger partial charge in [0.25, 0.3) is 0 Å². The minimum atomic E-state index is -4.71. The predicted octanol–water partition coefficient (Wildman–Crippen LogP) is 1.69. The highest BCUT2D eigenvalue weighted by Crippen LogP contribution is 2.28. The number of alkyl halides is 2. The van der Waals surface area contributed by atoms with Gasteiger partial charge in [-0.15, -0.1) is 12.4 Å². The molecular formula is C12H18ClF2N3O3S. The molecule has 0 unspecified atom stereocenters. The largest absolute Gasteiger partial charge is 0.384 e. The van der Waals surface area contributed by atoms with Gasteiger partial charge in [0.2, 0.25) is 15.7 Å². The fourth-order valence-electron chi connectivity index (χ4n) is 1.61. The van der Waals surface area contributed by atoms with Crippen molar-refractivity contribution in [3.05, 3.63) is 18.2 Å². The molecular weight excluding hydrogens is 340 g/mol. The van der Waals surface area contributed by atoms with Crippen LogP contribution in [0.15, 0.2) is 23.1 Å². The zero-order valence-corrected chi connectivity index (χ0v) is 13.7. The van der Waals surface area contributed by atoms with Crippen molar-refractivity contribution in [1.29, 1.82) is 0 Å². The molecule has 10 heteroatoms. The normalized spacial score (nSPS) is 11.0. The summed E-state index contributed by atoms with van der Waals surface area (Å²) < 4.78 is 48.1. The van der Waals surface area contributed by atoms with Gasteiger partial charge in [0.15, 0.2) is 0 Å². The SMILES string of the molecule is CCNc1ccc(S(=O)(=O)C(F)F)cc1NC(=O)CNC.Cl.